The minimum Gasteiger partial charge on any atom is -0.380 e. The Kier molecular flexibility index (Phi) is 4.51. The van der Waals surface area contributed by atoms with Gasteiger partial charge in [-0.1, -0.05) is 43.5 Å². The Bertz CT molecular complexity index is 515. The van der Waals surface area contributed by atoms with E-state index in [1.807, 2.05) is 12.1 Å². The average Bonchev–Trinajstić information content (AvgIpc) is 2.46. The summed E-state index contributed by atoms with van der Waals surface area (Å²) in [6, 6.07) is 7.28. The SMILES string of the molecule is CCCCC(O)(c1ccc(Cl)cc1)c1cncnc1. The number of hydrogen-bond donors (Lipinski definition) is 1. The van der Waals surface area contributed by atoms with Crippen LogP contribution in [0.4, 0.5) is 0 Å². The molecule has 0 aliphatic heterocycles. The summed E-state index contributed by atoms with van der Waals surface area (Å²) in [5, 5.41) is 11.7. The monoisotopic (exact) mass is 276 g/mol. The Hall–Kier alpha value is -1.45. The standard InChI is InChI=1S/C15H17ClN2O/c1-2-3-8-15(19,13-9-17-11-18-10-13)12-4-6-14(16)7-5-12/h4-7,9-11,19H,2-3,8H2,1H3. The summed E-state index contributed by atoms with van der Waals surface area (Å²) in [6.07, 6.45) is 7.37. The van der Waals surface area contributed by atoms with E-state index in [1.54, 1.807) is 24.5 Å². The minimum absolute atomic E-state index is 0.637. The molecule has 19 heavy (non-hydrogen) atoms. The average molecular weight is 277 g/mol. The number of unbranched alkanes of at least 4 members (excludes halogenated alkanes) is 1. The van der Waals surface area contributed by atoms with Crippen molar-refractivity contribution in [2.24, 2.45) is 0 Å². The van der Waals surface area contributed by atoms with Gasteiger partial charge >= 0.3 is 0 Å². The van der Waals surface area contributed by atoms with Crippen LogP contribution in [0.5, 0.6) is 0 Å². The van der Waals surface area contributed by atoms with E-state index >= 15 is 0 Å². The number of nitrogens with zero attached hydrogens (tertiary/aromatic N) is 2. The van der Waals surface area contributed by atoms with Crippen molar-refractivity contribution in [1.82, 2.24) is 9.97 Å². The Morgan fingerprint density at radius 2 is 1.74 bits per heavy atom. The van der Waals surface area contributed by atoms with Gasteiger partial charge in [0.05, 0.1) is 0 Å². The Morgan fingerprint density at radius 3 is 2.32 bits per heavy atom. The first-order valence-corrected chi connectivity index (χ1v) is 6.78. The number of hydrogen-bond acceptors (Lipinski definition) is 3. The van der Waals surface area contributed by atoms with Crippen molar-refractivity contribution in [3.05, 3.63) is 59.1 Å². The summed E-state index contributed by atoms with van der Waals surface area (Å²) in [5.41, 5.74) is 0.480. The van der Waals surface area contributed by atoms with Crippen molar-refractivity contribution >= 4 is 11.6 Å². The van der Waals surface area contributed by atoms with Gasteiger partial charge in [-0.25, -0.2) is 9.97 Å². The predicted octanol–water partition coefficient (Wildman–Crippen LogP) is 3.56. The molecule has 1 N–H and O–H groups in total. The molecule has 0 aliphatic carbocycles. The molecule has 3 nitrogen and oxygen atoms in total. The second-order valence-corrected chi connectivity index (χ2v) is 5.03. The maximum atomic E-state index is 11.1. The quantitative estimate of drug-likeness (QED) is 0.908. The molecule has 1 aromatic carbocycles. The van der Waals surface area contributed by atoms with Crippen LogP contribution in [0.1, 0.15) is 37.3 Å². The van der Waals surface area contributed by atoms with Gasteiger partial charge in [-0.15, -0.1) is 0 Å². The lowest BCUT2D eigenvalue weighted by molar-refractivity contribution is 0.0677. The molecular weight excluding hydrogens is 260 g/mol. The summed E-state index contributed by atoms with van der Waals surface area (Å²) in [7, 11) is 0. The lowest BCUT2D eigenvalue weighted by Crippen LogP contribution is -2.27. The second-order valence-electron chi connectivity index (χ2n) is 4.60. The molecule has 2 rings (SSSR count). The van der Waals surface area contributed by atoms with Crippen LogP contribution in [0.15, 0.2) is 43.0 Å². The summed E-state index contributed by atoms with van der Waals surface area (Å²) in [6.45, 7) is 2.10. The number of rotatable bonds is 5. The van der Waals surface area contributed by atoms with Crippen LogP contribution < -0.4 is 0 Å². The molecule has 4 heteroatoms. The molecule has 0 radical (unpaired) electrons. The molecule has 0 saturated carbocycles. The van der Waals surface area contributed by atoms with Crippen LogP contribution >= 0.6 is 11.6 Å². The molecule has 0 aliphatic rings. The van der Waals surface area contributed by atoms with Crippen molar-refractivity contribution < 1.29 is 5.11 Å². The van der Waals surface area contributed by atoms with Crippen molar-refractivity contribution in [2.75, 3.05) is 0 Å². The predicted molar refractivity (Wildman–Crippen MR) is 76.0 cm³/mol. The number of halogens is 1. The summed E-state index contributed by atoms with van der Waals surface area (Å²) in [5.74, 6) is 0. The molecule has 0 saturated heterocycles. The van der Waals surface area contributed by atoms with E-state index in [2.05, 4.69) is 16.9 Å². The molecule has 0 bridgehead atoms. The zero-order valence-electron chi connectivity index (χ0n) is 10.9. The van der Waals surface area contributed by atoms with Gasteiger partial charge in [-0.2, -0.15) is 0 Å². The second kappa shape index (κ2) is 6.13. The summed E-state index contributed by atoms with van der Waals surface area (Å²) < 4.78 is 0. The fourth-order valence-corrected chi connectivity index (χ4v) is 2.25. The highest BCUT2D eigenvalue weighted by molar-refractivity contribution is 6.30. The normalized spacial score (nSPS) is 14.1. The Balaban J connectivity index is 2.42. The molecule has 1 aromatic heterocycles. The van der Waals surface area contributed by atoms with Crippen LogP contribution in [0.3, 0.4) is 0 Å². The minimum atomic E-state index is -1.05. The number of benzene rings is 1. The van der Waals surface area contributed by atoms with E-state index in [0.717, 1.165) is 18.4 Å². The zero-order chi connectivity index (χ0) is 13.7. The van der Waals surface area contributed by atoms with Gasteiger partial charge in [-0.3, -0.25) is 0 Å². The highest BCUT2D eigenvalue weighted by Crippen LogP contribution is 2.34. The highest BCUT2D eigenvalue weighted by Gasteiger charge is 2.31. The Labute approximate surface area is 118 Å². The molecule has 0 fully saturated rings. The topological polar surface area (TPSA) is 46.0 Å². The number of aliphatic hydroxyl groups is 1. The van der Waals surface area contributed by atoms with Crippen molar-refractivity contribution in [3.8, 4) is 0 Å². The maximum absolute atomic E-state index is 11.1. The van der Waals surface area contributed by atoms with E-state index in [4.69, 9.17) is 11.6 Å². The molecular formula is C15H17ClN2O. The van der Waals surface area contributed by atoms with Crippen LogP contribution in [-0.4, -0.2) is 15.1 Å². The lowest BCUT2D eigenvalue weighted by atomic mass is 9.83. The van der Waals surface area contributed by atoms with E-state index < -0.39 is 5.60 Å². The van der Waals surface area contributed by atoms with Gasteiger partial charge in [-0.05, 0) is 24.1 Å². The molecule has 1 unspecified atom stereocenters. The van der Waals surface area contributed by atoms with Crippen molar-refractivity contribution in [1.29, 1.82) is 0 Å². The molecule has 1 heterocycles. The zero-order valence-corrected chi connectivity index (χ0v) is 11.6. The first kappa shape index (κ1) is 14.0. The van der Waals surface area contributed by atoms with Crippen LogP contribution in [0, 0.1) is 0 Å². The smallest absolute Gasteiger partial charge is 0.118 e. The van der Waals surface area contributed by atoms with Crippen LogP contribution in [-0.2, 0) is 5.60 Å². The van der Waals surface area contributed by atoms with E-state index in [9.17, 15) is 5.11 Å². The largest absolute Gasteiger partial charge is 0.380 e. The van der Waals surface area contributed by atoms with Gasteiger partial charge in [0.15, 0.2) is 0 Å². The van der Waals surface area contributed by atoms with Gasteiger partial charge in [0.25, 0.3) is 0 Å². The highest BCUT2D eigenvalue weighted by atomic mass is 35.5. The van der Waals surface area contributed by atoms with E-state index in [0.29, 0.717) is 17.0 Å². The summed E-state index contributed by atoms with van der Waals surface area (Å²) >= 11 is 5.91. The molecule has 0 spiro atoms. The van der Waals surface area contributed by atoms with Gasteiger partial charge in [0.2, 0.25) is 0 Å². The first-order valence-electron chi connectivity index (χ1n) is 6.40. The number of aromatic nitrogens is 2. The summed E-state index contributed by atoms with van der Waals surface area (Å²) in [4.78, 5) is 8.01. The third-order valence-electron chi connectivity index (χ3n) is 3.25. The molecule has 0 amide bonds. The third kappa shape index (κ3) is 3.11. The Morgan fingerprint density at radius 1 is 1.11 bits per heavy atom. The van der Waals surface area contributed by atoms with Gasteiger partial charge < -0.3 is 5.11 Å². The molecule has 1 atom stereocenters. The van der Waals surface area contributed by atoms with Crippen LogP contribution in [0.2, 0.25) is 5.02 Å². The van der Waals surface area contributed by atoms with Crippen LogP contribution in [0.25, 0.3) is 0 Å². The molecule has 2 aromatic rings. The maximum Gasteiger partial charge on any atom is 0.118 e. The fourth-order valence-electron chi connectivity index (χ4n) is 2.13. The molecule has 100 valence electrons. The third-order valence-corrected chi connectivity index (χ3v) is 3.50. The van der Waals surface area contributed by atoms with Gasteiger partial charge in [0, 0.05) is 23.0 Å². The van der Waals surface area contributed by atoms with Gasteiger partial charge in [0.1, 0.15) is 11.9 Å². The first-order chi connectivity index (χ1) is 9.16. The van der Waals surface area contributed by atoms with Crippen molar-refractivity contribution in [2.45, 2.75) is 31.8 Å². The van der Waals surface area contributed by atoms with Crippen molar-refractivity contribution in [3.63, 3.8) is 0 Å². The fraction of sp³-hybridized carbons (Fsp3) is 0.333. The lowest BCUT2D eigenvalue weighted by Gasteiger charge is -2.28. The van der Waals surface area contributed by atoms with E-state index in [1.165, 1.54) is 6.33 Å². The van der Waals surface area contributed by atoms with E-state index in [-0.39, 0.29) is 0 Å².